The number of anilines is 1. The molecule has 1 amide bonds. The van der Waals surface area contributed by atoms with E-state index in [1.54, 1.807) is 34.9 Å². The van der Waals surface area contributed by atoms with Crippen LogP contribution in [0.15, 0.2) is 70.6 Å². The Morgan fingerprint density at radius 1 is 1.09 bits per heavy atom. The maximum absolute atomic E-state index is 13.5. The highest BCUT2D eigenvalue weighted by atomic mass is 32.2. The van der Waals surface area contributed by atoms with Crippen molar-refractivity contribution in [3.8, 4) is 11.4 Å². The standard InChI is InChI=1S/C26H21N3O4S/c1-15-6-5-9-21(16(15)2)29-25(32)18-7-3-4-8-19(18)28-26(29)34-14-22(30)17-10-11-23-20(12-17)27-24(31)13-33-23/h3-12H,13-14H2,1-2H3,(H,27,31). The van der Waals surface area contributed by atoms with Gasteiger partial charge in [0.1, 0.15) is 5.75 Å². The average Bonchev–Trinajstić information content (AvgIpc) is 2.84. The number of ether oxygens (including phenoxy) is 1. The Hall–Kier alpha value is -3.91. The molecule has 1 aromatic heterocycles. The predicted molar refractivity (Wildman–Crippen MR) is 132 cm³/mol. The van der Waals surface area contributed by atoms with Gasteiger partial charge in [-0.3, -0.25) is 19.0 Å². The predicted octanol–water partition coefficient (Wildman–Crippen LogP) is 4.31. The van der Waals surface area contributed by atoms with E-state index in [2.05, 4.69) is 5.32 Å². The molecule has 0 spiro atoms. The third kappa shape index (κ3) is 3.97. The fourth-order valence-electron chi connectivity index (χ4n) is 3.87. The number of rotatable bonds is 5. The molecule has 0 saturated carbocycles. The van der Waals surface area contributed by atoms with E-state index < -0.39 is 0 Å². The van der Waals surface area contributed by atoms with Crippen LogP contribution in [0.1, 0.15) is 21.5 Å². The number of hydrogen-bond donors (Lipinski definition) is 1. The number of Topliss-reactive ketones (excluding diaryl/α,β-unsaturated/α-hetero) is 1. The van der Waals surface area contributed by atoms with Gasteiger partial charge in [-0.15, -0.1) is 0 Å². The zero-order chi connectivity index (χ0) is 23.8. The molecule has 0 aliphatic carbocycles. The lowest BCUT2D eigenvalue weighted by Crippen LogP contribution is -2.25. The van der Waals surface area contributed by atoms with Gasteiger partial charge in [0.15, 0.2) is 17.5 Å². The summed E-state index contributed by atoms with van der Waals surface area (Å²) in [6, 6.07) is 17.9. The number of nitrogens with one attached hydrogen (secondary N) is 1. The van der Waals surface area contributed by atoms with Crippen molar-refractivity contribution in [2.75, 3.05) is 17.7 Å². The molecule has 1 aliphatic heterocycles. The Bertz CT molecular complexity index is 1530. The fourth-order valence-corrected chi connectivity index (χ4v) is 4.77. The highest BCUT2D eigenvalue weighted by molar-refractivity contribution is 7.99. The van der Waals surface area contributed by atoms with Crippen molar-refractivity contribution < 1.29 is 14.3 Å². The summed E-state index contributed by atoms with van der Waals surface area (Å²) in [7, 11) is 0. The molecular weight excluding hydrogens is 450 g/mol. The molecule has 1 aliphatic rings. The van der Waals surface area contributed by atoms with Gasteiger partial charge in [-0.05, 0) is 61.4 Å². The van der Waals surface area contributed by atoms with Crippen LogP contribution in [0.5, 0.6) is 5.75 Å². The second-order valence-electron chi connectivity index (χ2n) is 8.03. The van der Waals surface area contributed by atoms with Crippen molar-refractivity contribution in [2.45, 2.75) is 19.0 Å². The van der Waals surface area contributed by atoms with Crippen LogP contribution >= 0.6 is 11.8 Å². The van der Waals surface area contributed by atoms with Crippen LogP contribution in [0.3, 0.4) is 0 Å². The summed E-state index contributed by atoms with van der Waals surface area (Å²) in [5.41, 5.74) is 4.09. The lowest BCUT2D eigenvalue weighted by atomic mass is 10.1. The molecule has 8 heteroatoms. The Kier molecular flexibility index (Phi) is 5.67. The molecule has 0 atom stereocenters. The van der Waals surface area contributed by atoms with Crippen molar-refractivity contribution >= 4 is 40.0 Å². The van der Waals surface area contributed by atoms with Crippen LogP contribution in [-0.2, 0) is 4.79 Å². The lowest BCUT2D eigenvalue weighted by Gasteiger charge is -2.18. The van der Waals surface area contributed by atoms with E-state index in [4.69, 9.17) is 9.72 Å². The highest BCUT2D eigenvalue weighted by Gasteiger charge is 2.20. The molecule has 1 N–H and O–H groups in total. The van der Waals surface area contributed by atoms with Crippen LogP contribution in [0.4, 0.5) is 5.69 Å². The second kappa shape index (κ2) is 8.79. The topological polar surface area (TPSA) is 90.3 Å². The second-order valence-corrected chi connectivity index (χ2v) is 8.97. The summed E-state index contributed by atoms with van der Waals surface area (Å²) >= 11 is 1.21. The maximum atomic E-state index is 13.5. The molecule has 170 valence electrons. The lowest BCUT2D eigenvalue weighted by molar-refractivity contribution is -0.118. The zero-order valence-electron chi connectivity index (χ0n) is 18.6. The smallest absolute Gasteiger partial charge is 0.266 e. The van der Waals surface area contributed by atoms with Crippen LogP contribution in [-0.4, -0.2) is 33.6 Å². The van der Waals surface area contributed by atoms with Gasteiger partial charge in [0.25, 0.3) is 11.5 Å². The molecular formula is C26H21N3O4S. The normalized spacial score (nSPS) is 12.7. The fraction of sp³-hybridized carbons (Fsp3) is 0.154. The van der Waals surface area contributed by atoms with Crippen molar-refractivity contribution in [1.29, 1.82) is 0 Å². The van der Waals surface area contributed by atoms with Gasteiger partial charge < -0.3 is 10.1 Å². The number of carbonyl (C=O) groups is 2. The van der Waals surface area contributed by atoms with Crippen LogP contribution in [0.25, 0.3) is 16.6 Å². The first-order chi connectivity index (χ1) is 16.4. The molecule has 0 unspecified atom stereocenters. The maximum Gasteiger partial charge on any atom is 0.266 e. The largest absolute Gasteiger partial charge is 0.482 e. The first-order valence-corrected chi connectivity index (χ1v) is 11.7. The van der Waals surface area contributed by atoms with Crippen molar-refractivity contribution in [3.05, 3.63) is 87.7 Å². The first kappa shape index (κ1) is 21.9. The number of aromatic nitrogens is 2. The minimum absolute atomic E-state index is 0.0420. The summed E-state index contributed by atoms with van der Waals surface area (Å²) in [5, 5.41) is 3.68. The summed E-state index contributed by atoms with van der Waals surface area (Å²) in [6.07, 6.45) is 0. The number of benzene rings is 3. The number of fused-ring (bicyclic) bond motifs is 2. The number of amides is 1. The molecule has 4 aromatic rings. The van der Waals surface area contributed by atoms with E-state index in [-0.39, 0.29) is 29.6 Å². The Balaban J connectivity index is 1.52. The van der Waals surface area contributed by atoms with Crippen molar-refractivity contribution in [3.63, 3.8) is 0 Å². The molecule has 5 rings (SSSR count). The minimum Gasteiger partial charge on any atom is -0.482 e. The van der Waals surface area contributed by atoms with Crippen molar-refractivity contribution in [2.24, 2.45) is 0 Å². The van der Waals surface area contributed by atoms with Gasteiger partial charge in [-0.25, -0.2) is 4.98 Å². The number of aryl methyl sites for hydroxylation is 1. The number of carbonyl (C=O) groups excluding carboxylic acids is 2. The molecule has 0 bridgehead atoms. The molecule has 7 nitrogen and oxygen atoms in total. The summed E-state index contributed by atoms with van der Waals surface area (Å²) in [5.74, 6) is 0.194. The van der Waals surface area contributed by atoms with E-state index in [0.717, 1.165) is 16.8 Å². The van der Waals surface area contributed by atoms with E-state index in [9.17, 15) is 14.4 Å². The van der Waals surface area contributed by atoms with Gasteiger partial charge in [0, 0.05) is 5.56 Å². The Labute approximate surface area is 199 Å². The number of para-hydroxylation sites is 1. The minimum atomic E-state index is -0.260. The van der Waals surface area contributed by atoms with Crippen LogP contribution < -0.4 is 15.6 Å². The number of ketones is 1. The van der Waals surface area contributed by atoms with Gasteiger partial charge >= 0.3 is 0 Å². The highest BCUT2D eigenvalue weighted by Crippen LogP contribution is 2.30. The van der Waals surface area contributed by atoms with Gasteiger partial charge in [-0.1, -0.05) is 36.0 Å². The third-order valence-corrected chi connectivity index (χ3v) is 6.77. The van der Waals surface area contributed by atoms with E-state index in [1.807, 2.05) is 44.2 Å². The Morgan fingerprint density at radius 2 is 1.91 bits per heavy atom. The van der Waals surface area contributed by atoms with Crippen LogP contribution in [0.2, 0.25) is 0 Å². The van der Waals surface area contributed by atoms with Crippen LogP contribution in [0, 0.1) is 13.8 Å². The SMILES string of the molecule is Cc1cccc(-n2c(SCC(=O)c3ccc4c(c3)NC(=O)CO4)nc3ccccc3c2=O)c1C. The number of nitrogens with zero attached hydrogens (tertiary/aromatic N) is 2. The average molecular weight is 472 g/mol. The monoisotopic (exact) mass is 471 g/mol. The van der Waals surface area contributed by atoms with Gasteiger partial charge in [-0.2, -0.15) is 0 Å². The first-order valence-electron chi connectivity index (χ1n) is 10.7. The van der Waals surface area contributed by atoms with E-state index in [1.165, 1.54) is 11.8 Å². The molecule has 2 heterocycles. The van der Waals surface area contributed by atoms with Crippen molar-refractivity contribution in [1.82, 2.24) is 9.55 Å². The number of thioether (sulfide) groups is 1. The molecule has 0 radical (unpaired) electrons. The zero-order valence-corrected chi connectivity index (χ0v) is 19.4. The summed E-state index contributed by atoms with van der Waals surface area (Å²) in [4.78, 5) is 42.8. The van der Waals surface area contributed by atoms with E-state index in [0.29, 0.717) is 33.1 Å². The Morgan fingerprint density at radius 3 is 2.76 bits per heavy atom. The molecule has 3 aromatic carbocycles. The van der Waals surface area contributed by atoms with Gasteiger partial charge in [0.2, 0.25) is 0 Å². The summed E-state index contributed by atoms with van der Waals surface area (Å²) in [6.45, 7) is 3.92. The quantitative estimate of drug-likeness (QED) is 0.265. The number of hydrogen-bond acceptors (Lipinski definition) is 6. The van der Waals surface area contributed by atoms with Gasteiger partial charge in [0.05, 0.1) is 28.0 Å². The molecule has 0 fully saturated rings. The molecule has 34 heavy (non-hydrogen) atoms. The molecule has 0 saturated heterocycles. The third-order valence-electron chi connectivity index (χ3n) is 5.83. The van der Waals surface area contributed by atoms with E-state index >= 15 is 0 Å². The summed E-state index contributed by atoms with van der Waals surface area (Å²) < 4.78 is 6.95.